The van der Waals surface area contributed by atoms with Crippen molar-refractivity contribution in [3.05, 3.63) is 77.5 Å². The quantitative estimate of drug-likeness (QED) is 0.645. The van der Waals surface area contributed by atoms with Gasteiger partial charge in [0.25, 0.3) is 0 Å². The number of fused-ring (bicyclic) bond motifs is 1. The molecule has 0 aliphatic rings. The van der Waals surface area contributed by atoms with Crippen LogP contribution in [-0.2, 0) is 6.54 Å². The summed E-state index contributed by atoms with van der Waals surface area (Å²) in [5.41, 5.74) is 5.17. The molecule has 0 unspecified atom stereocenters. The first-order chi connectivity index (χ1) is 10.2. The molecule has 1 heterocycles. The number of carbonyl (C=O) groups is 1. The van der Waals surface area contributed by atoms with Crippen LogP contribution in [0.4, 0.5) is 0 Å². The average molecular weight is 275 g/mol. The number of rotatable bonds is 4. The third kappa shape index (κ3) is 2.29. The molecule has 2 aromatic carbocycles. The third-order valence-corrected chi connectivity index (χ3v) is 3.94. The van der Waals surface area contributed by atoms with Gasteiger partial charge in [0.15, 0.2) is 6.29 Å². The van der Waals surface area contributed by atoms with Crippen molar-refractivity contribution in [2.45, 2.75) is 13.5 Å². The standard InChI is InChI=1S/C19H17NO/c1-3-15-8-10-16(11-9-15)12-20-18-7-5-4-6-17(18)14(2)19(20)13-21/h3-11,13H,1,12H2,2H3. The van der Waals surface area contributed by atoms with Gasteiger partial charge in [0, 0.05) is 17.4 Å². The summed E-state index contributed by atoms with van der Waals surface area (Å²) in [6.45, 7) is 6.46. The molecule has 0 saturated carbocycles. The molecule has 0 radical (unpaired) electrons. The molecule has 104 valence electrons. The van der Waals surface area contributed by atoms with Crippen LogP contribution in [0.15, 0.2) is 55.1 Å². The number of aryl methyl sites for hydroxylation is 1. The van der Waals surface area contributed by atoms with E-state index < -0.39 is 0 Å². The molecular formula is C19H17NO. The van der Waals surface area contributed by atoms with Crippen LogP contribution in [0.3, 0.4) is 0 Å². The number of hydrogen-bond acceptors (Lipinski definition) is 1. The molecule has 0 amide bonds. The second kappa shape index (κ2) is 5.41. The van der Waals surface area contributed by atoms with Gasteiger partial charge in [0.2, 0.25) is 0 Å². The monoisotopic (exact) mass is 275 g/mol. The molecule has 21 heavy (non-hydrogen) atoms. The number of nitrogens with zero attached hydrogens (tertiary/aromatic N) is 1. The highest BCUT2D eigenvalue weighted by atomic mass is 16.1. The summed E-state index contributed by atoms with van der Waals surface area (Å²) >= 11 is 0. The number of hydrogen-bond donors (Lipinski definition) is 0. The summed E-state index contributed by atoms with van der Waals surface area (Å²) in [6.07, 6.45) is 2.78. The summed E-state index contributed by atoms with van der Waals surface area (Å²) < 4.78 is 2.08. The minimum Gasteiger partial charge on any atom is -0.334 e. The number of carbonyl (C=O) groups excluding carboxylic acids is 1. The van der Waals surface area contributed by atoms with Gasteiger partial charge < -0.3 is 4.57 Å². The Labute approximate surface area is 124 Å². The molecule has 0 saturated heterocycles. The third-order valence-electron chi connectivity index (χ3n) is 3.94. The van der Waals surface area contributed by atoms with Gasteiger partial charge in [-0.15, -0.1) is 0 Å². The van der Waals surface area contributed by atoms with Crippen molar-refractivity contribution in [3.8, 4) is 0 Å². The van der Waals surface area contributed by atoms with Gasteiger partial charge in [0.1, 0.15) is 0 Å². The molecule has 0 atom stereocenters. The summed E-state index contributed by atoms with van der Waals surface area (Å²) in [7, 11) is 0. The SMILES string of the molecule is C=Cc1ccc(Cn2c(C=O)c(C)c3ccccc32)cc1. The molecular weight excluding hydrogens is 258 g/mol. The van der Waals surface area contributed by atoms with Crippen molar-refractivity contribution in [3.63, 3.8) is 0 Å². The van der Waals surface area contributed by atoms with E-state index in [4.69, 9.17) is 0 Å². The minimum absolute atomic E-state index is 0.694. The van der Waals surface area contributed by atoms with Gasteiger partial charge in [-0.3, -0.25) is 4.79 Å². The fourth-order valence-corrected chi connectivity index (χ4v) is 2.76. The number of aromatic nitrogens is 1. The topological polar surface area (TPSA) is 22.0 Å². The van der Waals surface area contributed by atoms with E-state index in [1.807, 2.05) is 37.3 Å². The normalized spacial score (nSPS) is 10.7. The van der Waals surface area contributed by atoms with Crippen LogP contribution >= 0.6 is 0 Å². The maximum Gasteiger partial charge on any atom is 0.166 e. The summed E-state index contributed by atoms with van der Waals surface area (Å²) in [6, 6.07) is 16.4. The Morgan fingerprint density at radius 2 is 1.81 bits per heavy atom. The summed E-state index contributed by atoms with van der Waals surface area (Å²) in [4.78, 5) is 11.5. The summed E-state index contributed by atoms with van der Waals surface area (Å²) in [5, 5.41) is 1.14. The van der Waals surface area contributed by atoms with E-state index in [0.29, 0.717) is 6.54 Å². The lowest BCUT2D eigenvalue weighted by molar-refractivity contribution is 0.111. The van der Waals surface area contributed by atoms with E-state index in [9.17, 15) is 4.79 Å². The minimum atomic E-state index is 0.694. The molecule has 0 aliphatic carbocycles. The smallest absolute Gasteiger partial charge is 0.166 e. The van der Waals surface area contributed by atoms with Gasteiger partial charge in [-0.05, 0) is 29.7 Å². The van der Waals surface area contributed by atoms with Crippen molar-refractivity contribution in [1.29, 1.82) is 0 Å². The molecule has 0 aliphatic heterocycles. The van der Waals surface area contributed by atoms with E-state index in [1.54, 1.807) is 0 Å². The van der Waals surface area contributed by atoms with E-state index in [0.717, 1.165) is 34.0 Å². The number of benzene rings is 2. The Bertz CT molecular complexity index is 809. The molecule has 0 fully saturated rings. The maximum atomic E-state index is 11.5. The zero-order valence-electron chi connectivity index (χ0n) is 12.0. The molecule has 1 aromatic heterocycles. The van der Waals surface area contributed by atoms with Gasteiger partial charge in [-0.25, -0.2) is 0 Å². The fraction of sp³-hybridized carbons (Fsp3) is 0.105. The molecule has 0 bridgehead atoms. The van der Waals surface area contributed by atoms with Crippen molar-refractivity contribution < 1.29 is 4.79 Å². The first kappa shape index (κ1) is 13.4. The lowest BCUT2D eigenvalue weighted by atomic mass is 10.1. The molecule has 3 aromatic rings. The predicted molar refractivity (Wildman–Crippen MR) is 87.7 cm³/mol. The van der Waals surface area contributed by atoms with Crippen molar-refractivity contribution in [2.24, 2.45) is 0 Å². The highest BCUT2D eigenvalue weighted by Gasteiger charge is 2.13. The highest BCUT2D eigenvalue weighted by molar-refractivity contribution is 5.93. The zero-order chi connectivity index (χ0) is 14.8. The van der Waals surface area contributed by atoms with Gasteiger partial charge in [0.05, 0.1) is 5.69 Å². The first-order valence-corrected chi connectivity index (χ1v) is 6.99. The second-order valence-corrected chi connectivity index (χ2v) is 5.18. The van der Waals surface area contributed by atoms with Crippen LogP contribution in [0.1, 0.15) is 27.2 Å². The fourth-order valence-electron chi connectivity index (χ4n) is 2.76. The largest absolute Gasteiger partial charge is 0.334 e. The second-order valence-electron chi connectivity index (χ2n) is 5.18. The van der Waals surface area contributed by atoms with Crippen molar-refractivity contribution in [2.75, 3.05) is 0 Å². The zero-order valence-corrected chi connectivity index (χ0v) is 12.0. The molecule has 0 spiro atoms. The Morgan fingerprint density at radius 1 is 1.10 bits per heavy atom. The van der Waals surface area contributed by atoms with Crippen LogP contribution in [0.25, 0.3) is 17.0 Å². The van der Waals surface area contributed by atoms with Crippen LogP contribution in [-0.4, -0.2) is 10.9 Å². The molecule has 3 rings (SSSR count). The van der Waals surface area contributed by atoms with Gasteiger partial charge in [-0.1, -0.05) is 55.1 Å². The predicted octanol–water partition coefficient (Wildman–Crippen LogP) is 4.45. The Morgan fingerprint density at radius 3 is 2.48 bits per heavy atom. The lowest BCUT2D eigenvalue weighted by Crippen LogP contribution is -2.04. The average Bonchev–Trinajstić information content (AvgIpc) is 2.80. The Balaban J connectivity index is 2.10. The van der Waals surface area contributed by atoms with Crippen molar-refractivity contribution in [1.82, 2.24) is 4.57 Å². The van der Waals surface area contributed by atoms with E-state index >= 15 is 0 Å². The van der Waals surface area contributed by atoms with E-state index in [-0.39, 0.29) is 0 Å². The molecule has 0 N–H and O–H groups in total. The summed E-state index contributed by atoms with van der Waals surface area (Å²) in [5.74, 6) is 0. The maximum absolute atomic E-state index is 11.5. The number of para-hydroxylation sites is 1. The van der Waals surface area contributed by atoms with Crippen molar-refractivity contribution >= 4 is 23.3 Å². The molecule has 2 heteroatoms. The van der Waals surface area contributed by atoms with Crippen LogP contribution in [0.2, 0.25) is 0 Å². The Kier molecular flexibility index (Phi) is 3.44. The lowest BCUT2D eigenvalue weighted by Gasteiger charge is -2.08. The van der Waals surface area contributed by atoms with Gasteiger partial charge >= 0.3 is 0 Å². The van der Waals surface area contributed by atoms with E-state index in [2.05, 4.69) is 35.4 Å². The molecule has 2 nitrogen and oxygen atoms in total. The Hall–Kier alpha value is -2.61. The van der Waals surface area contributed by atoms with Crippen LogP contribution in [0, 0.1) is 6.92 Å². The van der Waals surface area contributed by atoms with Crippen LogP contribution < -0.4 is 0 Å². The first-order valence-electron chi connectivity index (χ1n) is 6.99. The van der Waals surface area contributed by atoms with E-state index in [1.165, 1.54) is 5.56 Å². The van der Waals surface area contributed by atoms with Crippen LogP contribution in [0.5, 0.6) is 0 Å². The highest BCUT2D eigenvalue weighted by Crippen LogP contribution is 2.25. The van der Waals surface area contributed by atoms with Gasteiger partial charge in [-0.2, -0.15) is 0 Å². The number of aldehydes is 1.